The molecule has 1 fully saturated rings. The summed E-state index contributed by atoms with van der Waals surface area (Å²) in [6.07, 6.45) is 2.83. The molecule has 6 nitrogen and oxygen atoms in total. The summed E-state index contributed by atoms with van der Waals surface area (Å²) < 4.78 is 0. The van der Waals surface area contributed by atoms with E-state index in [1.54, 1.807) is 17.5 Å². The summed E-state index contributed by atoms with van der Waals surface area (Å²) in [7, 11) is 0. The third-order valence-corrected chi connectivity index (χ3v) is 4.51. The fraction of sp³-hybridized carbons (Fsp3) is 0.312. The molecule has 0 atom stereocenters. The predicted molar refractivity (Wildman–Crippen MR) is 90.7 cm³/mol. The number of hydrogen-bond acceptors (Lipinski definition) is 5. The third kappa shape index (κ3) is 4.29. The van der Waals surface area contributed by atoms with Crippen LogP contribution in [0.3, 0.4) is 0 Å². The van der Waals surface area contributed by atoms with Crippen molar-refractivity contribution in [3.05, 3.63) is 40.7 Å². The Morgan fingerprint density at radius 2 is 2.30 bits per heavy atom. The smallest absolute Gasteiger partial charge is 0.239 e. The van der Waals surface area contributed by atoms with E-state index in [2.05, 4.69) is 15.6 Å². The molecule has 7 heteroatoms. The number of hydrogen-bond donors (Lipinski definition) is 2. The first-order chi connectivity index (χ1) is 11.2. The van der Waals surface area contributed by atoms with Gasteiger partial charge in [-0.3, -0.25) is 9.59 Å². The van der Waals surface area contributed by atoms with Crippen LogP contribution in [0.25, 0.3) is 0 Å². The van der Waals surface area contributed by atoms with Crippen molar-refractivity contribution in [3.8, 4) is 0 Å². The highest BCUT2D eigenvalue weighted by Crippen LogP contribution is 2.16. The van der Waals surface area contributed by atoms with Crippen molar-refractivity contribution < 1.29 is 9.59 Å². The number of pyridine rings is 1. The fourth-order valence-electron chi connectivity index (χ4n) is 2.40. The average Bonchev–Trinajstić information content (AvgIpc) is 3.07. The number of carbonyl (C=O) groups excluding carboxylic acids is 2. The van der Waals surface area contributed by atoms with Gasteiger partial charge in [-0.2, -0.15) is 0 Å². The second-order valence-electron chi connectivity index (χ2n) is 5.30. The first-order valence-corrected chi connectivity index (χ1v) is 8.38. The van der Waals surface area contributed by atoms with Gasteiger partial charge in [0.2, 0.25) is 11.8 Å². The zero-order valence-electron chi connectivity index (χ0n) is 12.6. The number of carbonyl (C=O) groups is 2. The highest BCUT2D eigenvalue weighted by atomic mass is 32.1. The van der Waals surface area contributed by atoms with E-state index in [1.165, 1.54) is 4.88 Å². The molecule has 0 unspecified atom stereocenters. The molecule has 1 aliphatic heterocycles. The van der Waals surface area contributed by atoms with Gasteiger partial charge in [0.15, 0.2) is 0 Å². The van der Waals surface area contributed by atoms with Crippen molar-refractivity contribution in [2.45, 2.75) is 12.8 Å². The topological polar surface area (TPSA) is 74.3 Å². The Morgan fingerprint density at radius 1 is 1.39 bits per heavy atom. The molecule has 23 heavy (non-hydrogen) atoms. The summed E-state index contributed by atoms with van der Waals surface area (Å²) in [6, 6.07) is 7.66. The lowest BCUT2D eigenvalue weighted by Crippen LogP contribution is -2.48. The summed E-state index contributed by atoms with van der Waals surface area (Å²) >= 11 is 1.66. The van der Waals surface area contributed by atoms with Crippen molar-refractivity contribution in [2.24, 2.45) is 0 Å². The Morgan fingerprint density at radius 3 is 3.00 bits per heavy atom. The van der Waals surface area contributed by atoms with Crippen LogP contribution in [-0.4, -0.2) is 36.4 Å². The van der Waals surface area contributed by atoms with Gasteiger partial charge in [0.25, 0.3) is 0 Å². The van der Waals surface area contributed by atoms with E-state index in [0.717, 1.165) is 18.8 Å². The molecule has 0 radical (unpaired) electrons. The molecule has 120 valence electrons. The maximum absolute atomic E-state index is 11.9. The summed E-state index contributed by atoms with van der Waals surface area (Å²) in [6.45, 7) is 1.69. The van der Waals surface area contributed by atoms with Crippen LogP contribution < -0.4 is 15.5 Å². The molecule has 2 aromatic rings. The lowest BCUT2D eigenvalue weighted by Gasteiger charge is -2.27. The number of anilines is 2. The Hall–Kier alpha value is -2.41. The van der Waals surface area contributed by atoms with Crippen molar-refractivity contribution in [1.29, 1.82) is 0 Å². The first-order valence-electron chi connectivity index (χ1n) is 7.50. The van der Waals surface area contributed by atoms with Crippen LogP contribution in [0.4, 0.5) is 11.5 Å². The van der Waals surface area contributed by atoms with Gasteiger partial charge in [-0.25, -0.2) is 4.98 Å². The minimum Gasteiger partial charge on any atom is -0.353 e. The zero-order valence-corrected chi connectivity index (χ0v) is 13.4. The largest absolute Gasteiger partial charge is 0.353 e. The number of rotatable bonds is 5. The van der Waals surface area contributed by atoms with Crippen molar-refractivity contribution in [3.63, 3.8) is 0 Å². The van der Waals surface area contributed by atoms with Crippen LogP contribution in [0.1, 0.15) is 11.3 Å². The van der Waals surface area contributed by atoms with Crippen LogP contribution in [0.2, 0.25) is 0 Å². The number of nitrogens with zero attached hydrogens (tertiary/aromatic N) is 2. The minimum atomic E-state index is -0.0229. The maximum Gasteiger partial charge on any atom is 0.239 e. The van der Waals surface area contributed by atoms with E-state index in [1.807, 2.05) is 34.5 Å². The van der Waals surface area contributed by atoms with Crippen LogP contribution in [-0.2, 0) is 16.0 Å². The molecular formula is C16H18N4O2S. The Labute approximate surface area is 138 Å². The fourth-order valence-corrected chi connectivity index (χ4v) is 3.11. The number of amides is 2. The summed E-state index contributed by atoms with van der Waals surface area (Å²) in [4.78, 5) is 30.8. The van der Waals surface area contributed by atoms with E-state index in [0.29, 0.717) is 25.2 Å². The normalized spacial score (nSPS) is 14.4. The highest BCUT2D eigenvalue weighted by Gasteiger charge is 2.17. The van der Waals surface area contributed by atoms with Crippen LogP contribution in [0.5, 0.6) is 0 Å². The summed E-state index contributed by atoms with van der Waals surface area (Å²) in [5.74, 6) is 0.728. The number of aryl methyl sites for hydroxylation is 1. The molecule has 3 heterocycles. The van der Waals surface area contributed by atoms with E-state index in [4.69, 9.17) is 0 Å². The van der Waals surface area contributed by atoms with Crippen molar-refractivity contribution >= 4 is 34.7 Å². The molecule has 0 bridgehead atoms. The molecule has 2 amide bonds. The van der Waals surface area contributed by atoms with Crippen LogP contribution >= 0.6 is 11.3 Å². The molecule has 0 spiro atoms. The SMILES string of the molecule is O=C1CN(c2ccc(NC(=O)CCc3cccs3)cn2)CCN1. The molecule has 0 saturated carbocycles. The molecule has 1 saturated heterocycles. The van der Waals surface area contributed by atoms with Gasteiger partial charge in [-0.1, -0.05) is 6.07 Å². The summed E-state index contributed by atoms with van der Waals surface area (Å²) in [5.41, 5.74) is 0.673. The second kappa shape index (κ2) is 7.23. The van der Waals surface area contributed by atoms with Crippen molar-refractivity contribution in [1.82, 2.24) is 10.3 Å². The molecular weight excluding hydrogens is 312 g/mol. The lowest BCUT2D eigenvalue weighted by atomic mass is 10.2. The lowest BCUT2D eigenvalue weighted by molar-refractivity contribution is -0.120. The number of aromatic nitrogens is 1. The van der Waals surface area contributed by atoms with Gasteiger partial charge < -0.3 is 15.5 Å². The molecule has 2 N–H and O–H groups in total. The Kier molecular flexibility index (Phi) is 4.87. The van der Waals surface area contributed by atoms with Gasteiger partial charge in [0, 0.05) is 24.4 Å². The second-order valence-corrected chi connectivity index (χ2v) is 6.34. The van der Waals surface area contributed by atoms with E-state index < -0.39 is 0 Å². The molecule has 3 rings (SSSR count). The molecule has 0 aliphatic carbocycles. The monoisotopic (exact) mass is 330 g/mol. The Bertz CT molecular complexity index is 670. The molecule has 2 aromatic heterocycles. The predicted octanol–water partition coefficient (Wildman–Crippen LogP) is 1.65. The number of piperazine rings is 1. The number of thiophene rings is 1. The maximum atomic E-state index is 11.9. The van der Waals surface area contributed by atoms with Crippen LogP contribution in [0, 0.1) is 0 Å². The van der Waals surface area contributed by atoms with E-state index >= 15 is 0 Å². The van der Waals surface area contributed by atoms with Gasteiger partial charge in [0.05, 0.1) is 18.4 Å². The minimum absolute atomic E-state index is 0.00371. The van der Waals surface area contributed by atoms with E-state index in [-0.39, 0.29) is 11.8 Å². The first kappa shape index (κ1) is 15.5. The van der Waals surface area contributed by atoms with Gasteiger partial charge in [0.1, 0.15) is 5.82 Å². The summed E-state index contributed by atoms with van der Waals surface area (Å²) in [5, 5.41) is 7.64. The van der Waals surface area contributed by atoms with Gasteiger partial charge in [-0.15, -0.1) is 11.3 Å². The van der Waals surface area contributed by atoms with Crippen LogP contribution in [0.15, 0.2) is 35.8 Å². The highest BCUT2D eigenvalue weighted by molar-refractivity contribution is 7.09. The van der Waals surface area contributed by atoms with Gasteiger partial charge >= 0.3 is 0 Å². The Balaban J connectivity index is 1.52. The van der Waals surface area contributed by atoms with Gasteiger partial charge in [-0.05, 0) is 30.0 Å². The zero-order chi connectivity index (χ0) is 16.1. The average molecular weight is 330 g/mol. The number of nitrogens with one attached hydrogen (secondary N) is 2. The van der Waals surface area contributed by atoms with E-state index in [9.17, 15) is 9.59 Å². The third-order valence-electron chi connectivity index (χ3n) is 3.57. The quantitative estimate of drug-likeness (QED) is 0.874. The molecule has 1 aliphatic rings. The molecule has 0 aromatic carbocycles. The van der Waals surface area contributed by atoms with Crippen molar-refractivity contribution in [2.75, 3.05) is 29.9 Å². The standard InChI is InChI=1S/C16H18N4O2S/c21-15(6-4-13-2-1-9-23-13)19-12-3-5-14(18-10-12)20-8-7-17-16(22)11-20/h1-3,5,9-10H,4,6-8,11H2,(H,17,22)(H,19,21).